The Kier molecular flexibility index (Phi) is 9.75. The molecule has 4 heteroatoms. The van der Waals surface area contributed by atoms with Gasteiger partial charge in [-0.2, -0.15) is 0 Å². The molecule has 0 N–H and O–H groups in total. The summed E-state index contributed by atoms with van der Waals surface area (Å²) in [7, 11) is 1.67. The van der Waals surface area contributed by atoms with Crippen LogP contribution in [-0.4, -0.2) is 16.7 Å². The van der Waals surface area contributed by atoms with E-state index in [9.17, 15) is 0 Å². The quantitative estimate of drug-likeness (QED) is 0.237. The number of aromatic nitrogens is 2. The first-order valence-electron chi connectivity index (χ1n) is 12.0. The molecule has 3 rings (SSSR count). The normalized spacial score (nSPS) is 11.2. The molecule has 0 unspecified atom stereocenters. The molecule has 0 amide bonds. The first kappa shape index (κ1) is 23.2. The number of hydrogen-bond acceptors (Lipinski definition) is 3. The number of aryl methyl sites for hydroxylation is 1. The van der Waals surface area contributed by atoms with Crippen LogP contribution in [-0.2, 0) is 13.2 Å². The molecule has 0 spiro atoms. The smallest absolute Gasteiger partial charge is 0.147 e. The fourth-order valence-electron chi connectivity index (χ4n) is 4.08. The predicted octanol–water partition coefficient (Wildman–Crippen LogP) is 7.54. The minimum absolute atomic E-state index is 0.458. The third-order valence-corrected chi connectivity index (χ3v) is 5.88. The zero-order valence-electron chi connectivity index (χ0n) is 19.3. The molecule has 0 aliphatic carbocycles. The first-order valence-corrected chi connectivity index (χ1v) is 12.0. The fraction of sp³-hybridized carbons (Fsp3) is 0.519. The zero-order valence-corrected chi connectivity index (χ0v) is 19.3. The lowest BCUT2D eigenvalue weighted by Gasteiger charge is -2.11. The molecule has 168 valence electrons. The second-order valence-corrected chi connectivity index (χ2v) is 8.32. The summed E-state index contributed by atoms with van der Waals surface area (Å²) >= 11 is 0. The van der Waals surface area contributed by atoms with Crippen LogP contribution in [0.25, 0.3) is 11.0 Å². The van der Waals surface area contributed by atoms with Crippen LogP contribution in [0.15, 0.2) is 48.5 Å². The predicted molar refractivity (Wildman–Crippen MR) is 129 cm³/mol. The Morgan fingerprint density at radius 3 is 2.19 bits per heavy atom. The molecular weight excluding hydrogens is 384 g/mol. The largest absolute Gasteiger partial charge is 0.497 e. The number of benzene rings is 2. The average molecular weight is 423 g/mol. The van der Waals surface area contributed by atoms with E-state index in [2.05, 4.69) is 29.7 Å². The van der Waals surface area contributed by atoms with Crippen molar-refractivity contribution in [2.45, 2.75) is 84.3 Å². The molecular formula is C27H38N2O2. The SMILES string of the molecule is CCCCCCCCCCCCn1c(COc2cccc(OC)c2)nc2ccccc21. The van der Waals surface area contributed by atoms with Crippen molar-refractivity contribution in [1.82, 2.24) is 9.55 Å². The van der Waals surface area contributed by atoms with Gasteiger partial charge in [0.2, 0.25) is 0 Å². The van der Waals surface area contributed by atoms with Crippen molar-refractivity contribution in [2.75, 3.05) is 7.11 Å². The lowest BCUT2D eigenvalue weighted by atomic mass is 10.1. The lowest BCUT2D eigenvalue weighted by molar-refractivity contribution is 0.287. The third-order valence-electron chi connectivity index (χ3n) is 5.88. The van der Waals surface area contributed by atoms with Crippen molar-refractivity contribution in [3.63, 3.8) is 0 Å². The number of hydrogen-bond donors (Lipinski definition) is 0. The Bertz CT molecular complexity index is 903. The van der Waals surface area contributed by atoms with Crippen LogP contribution in [0, 0.1) is 0 Å². The van der Waals surface area contributed by atoms with Crippen LogP contribution in [0.1, 0.15) is 77.0 Å². The molecule has 1 heterocycles. The molecule has 0 saturated heterocycles. The van der Waals surface area contributed by atoms with E-state index in [0.29, 0.717) is 6.61 Å². The van der Waals surface area contributed by atoms with Gasteiger partial charge in [-0.3, -0.25) is 0 Å². The van der Waals surface area contributed by atoms with E-state index < -0.39 is 0 Å². The topological polar surface area (TPSA) is 36.3 Å². The molecule has 0 bridgehead atoms. The third kappa shape index (κ3) is 7.30. The van der Waals surface area contributed by atoms with Crippen molar-refractivity contribution < 1.29 is 9.47 Å². The van der Waals surface area contributed by atoms with E-state index in [1.807, 2.05) is 30.3 Å². The summed E-state index contributed by atoms with van der Waals surface area (Å²) in [4.78, 5) is 4.84. The van der Waals surface area contributed by atoms with E-state index >= 15 is 0 Å². The van der Waals surface area contributed by atoms with Crippen LogP contribution in [0.5, 0.6) is 11.5 Å². The number of rotatable bonds is 15. The minimum Gasteiger partial charge on any atom is -0.497 e. The number of fused-ring (bicyclic) bond motifs is 1. The highest BCUT2D eigenvalue weighted by atomic mass is 16.5. The first-order chi connectivity index (χ1) is 15.3. The molecule has 0 aliphatic heterocycles. The summed E-state index contributed by atoms with van der Waals surface area (Å²) in [5, 5.41) is 0. The van der Waals surface area contributed by atoms with Gasteiger partial charge >= 0.3 is 0 Å². The molecule has 1 aromatic heterocycles. The Balaban J connectivity index is 1.50. The van der Waals surface area contributed by atoms with Gasteiger partial charge in [-0.1, -0.05) is 82.9 Å². The standard InChI is InChI=1S/C27H38N2O2/c1-3-4-5-6-7-8-9-10-11-14-20-29-26-19-13-12-18-25(26)28-27(29)22-31-24-17-15-16-23(21-24)30-2/h12-13,15-19,21H,3-11,14,20,22H2,1-2H3. The molecule has 0 saturated carbocycles. The summed E-state index contributed by atoms with van der Waals surface area (Å²) in [6, 6.07) is 16.1. The maximum Gasteiger partial charge on any atom is 0.147 e. The molecule has 4 nitrogen and oxygen atoms in total. The molecule has 31 heavy (non-hydrogen) atoms. The van der Waals surface area contributed by atoms with Gasteiger partial charge in [0.05, 0.1) is 18.1 Å². The number of ether oxygens (including phenoxy) is 2. The number of methoxy groups -OCH3 is 1. The molecule has 0 atom stereocenters. The summed E-state index contributed by atoms with van der Waals surface area (Å²) in [6.07, 6.45) is 13.5. The van der Waals surface area contributed by atoms with E-state index in [0.717, 1.165) is 29.4 Å². The average Bonchev–Trinajstić information content (AvgIpc) is 3.16. The summed E-state index contributed by atoms with van der Waals surface area (Å²) in [5.74, 6) is 2.59. The maximum atomic E-state index is 6.04. The number of imidazole rings is 1. The number of unbranched alkanes of at least 4 members (excludes halogenated alkanes) is 9. The molecule has 3 aromatic rings. The van der Waals surface area contributed by atoms with Gasteiger partial charge in [-0.05, 0) is 30.7 Å². The monoisotopic (exact) mass is 422 g/mol. The highest BCUT2D eigenvalue weighted by Gasteiger charge is 2.11. The molecule has 2 aromatic carbocycles. The highest BCUT2D eigenvalue weighted by molar-refractivity contribution is 5.75. The Morgan fingerprint density at radius 2 is 1.45 bits per heavy atom. The van der Waals surface area contributed by atoms with Gasteiger partial charge in [-0.15, -0.1) is 0 Å². The Hall–Kier alpha value is -2.49. The van der Waals surface area contributed by atoms with Gasteiger partial charge < -0.3 is 14.0 Å². The van der Waals surface area contributed by atoms with Crippen LogP contribution in [0.2, 0.25) is 0 Å². The van der Waals surface area contributed by atoms with Gasteiger partial charge in [0.25, 0.3) is 0 Å². The fourth-order valence-corrected chi connectivity index (χ4v) is 4.08. The molecule has 0 radical (unpaired) electrons. The Labute approximate surface area is 187 Å². The number of para-hydroxylation sites is 2. The molecule has 0 fully saturated rings. The second-order valence-electron chi connectivity index (χ2n) is 8.32. The van der Waals surface area contributed by atoms with Crippen LogP contribution < -0.4 is 9.47 Å². The van der Waals surface area contributed by atoms with E-state index in [-0.39, 0.29) is 0 Å². The van der Waals surface area contributed by atoms with Gasteiger partial charge in [0.15, 0.2) is 0 Å². The van der Waals surface area contributed by atoms with E-state index in [4.69, 9.17) is 14.5 Å². The van der Waals surface area contributed by atoms with E-state index in [1.165, 1.54) is 69.7 Å². The summed E-state index contributed by atoms with van der Waals surface area (Å²) in [6.45, 7) is 3.73. The van der Waals surface area contributed by atoms with Gasteiger partial charge in [-0.25, -0.2) is 4.98 Å². The lowest BCUT2D eigenvalue weighted by Crippen LogP contribution is -2.07. The van der Waals surface area contributed by atoms with Crippen molar-refractivity contribution in [2.24, 2.45) is 0 Å². The summed E-state index contributed by atoms with van der Waals surface area (Å²) < 4.78 is 13.7. The zero-order chi connectivity index (χ0) is 21.7. The van der Waals surface area contributed by atoms with Crippen LogP contribution >= 0.6 is 0 Å². The van der Waals surface area contributed by atoms with Gasteiger partial charge in [0.1, 0.15) is 23.9 Å². The van der Waals surface area contributed by atoms with Crippen molar-refractivity contribution in [3.8, 4) is 11.5 Å². The second kappa shape index (κ2) is 13.0. The minimum atomic E-state index is 0.458. The Morgan fingerprint density at radius 1 is 0.774 bits per heavy atom. The van der Waals surface area contributed by atoms with Crippen LogP contribution in [0.4, 0.5) is 0 Å². The maximum absolute atomic E-state index is 6.04. The summed E-state index contributed by atoms with van der Waals surface area (Å²) in [5.41, 5.74) is 2.24. The number of nitrogens with zero attached hydrogens (tertiary/aromatic N) is 2. The molecule has 0 aliphatic rings. The van der Waals surface area contributed by atoms with Crippen molar-refractivity contribution in [3.05, 3.63) is 54.4 Å². The highest BCUT2D eigenvalue weighted by Crippen LogP contribution is 2.22. The van der Waals surface area contributed by atoms with Gasteiger partial charge in [0, 0.05) is 12.6 Å². The van der Waals surface area contributed by atoms with Crippen molar-refractivity contribution >= 4 is 11.0 Å². The van der Waals surface area contributed by atoms with E-state index in [1.54, 1.807) is 7.11 Å². The van der Waals surface area contributed by atoms with Crippen molar-refractivity contribution in [1.29, 1.82) is 0 Å². The van der Waals surface area contributed by atoms with Crippen LogP contribution in [0.3, 0.4) is 0 Å².